The summed E-state index contributed by atoms with van der Waals surface area (Å²) in [6.07, 6.45) is 12.9. The van der Waals surface area contributed by atoms with Crippen molar-refractivity contribution in [3.63, 3.8) is 0 Å². The highest BCUT2D eigenvalue weighted by Gasteiger charge is 2.30. The molecule has 1 saturated carbocycles. The molecule has 3 N–H and O–H groups in total. The molecular formula is C30H45N7O2. The molecule has 0 spiro atoms. The predicted octanol–water partition coefficient (Wildman–Crippen LogP) is 4.61. The van der Waals surface area contributed by atoms with Crippen molar-refractivity contribution in [2.24, 2.45) is 0 Å². The van der Waals surface area contributed by atoms with Gasteiger partial charge in [0.05, 0.1) is 13.1 Å². The number of aliphatic hydroxyl groups excluding tert-OH is 1. The van der Waals surface area contributed by atoms with Crippen molar-refractivity contribution in [3.8, 4) is 0 Å². The van der Waals surface area contributed by atoms with Crippen molar-refractivity contribution in [3.05, 3.63) is 71.8 Å². The van der Waals surface area contributed by atoms with Crippen LogP contribution in [-0.4, -0.2) is 70.8 Å². The number of nitrogens with one attached hydrogen (secondary N) is 2. The Morgan fingerprint density at radius 1 is 0.897 bits per heavy atom. The largest absolute Gasteiger partial charge is 0.374 e. The minimum atomic E-state index is -0.831. The van der Waals surface area contributed by atoms with Crippen molar-refractivity contribution in [2.75, 3.05) is 13.1 Å². The minimum Gasteiger partial charge on any atom is -0.374 e. The lowest BCUT2D eigenvalue weighted by Crippen LogP contribution is -2.45. The van der Waals surface area contributed by atoms with Crippen LogP contribution in [0, 0.1) is 0 Å². The molecule has 0 aliphatic heterocycles. The lowest BCUT2D eigenvalue weighted by molar-refractivity contribution is -0.132. The van der Waals surface area contributed by atoms with Crippen LogP contribution in [0.15, 0.2) is 49.1 Å². The maximum atomic E-state index is 12.7. The van der Waals surface area contributed by atoms with E-state index in [0.717, 1.165) is 61.5 Å². The van der Waals surface area contributed by atoms with E-state index >= 15 is 0 Å². The molecule has 212 valence electrons. The van der Waals surface area contributed by atoms with Crippen LogP contribution in [0.1, 0.15) is 88.3 Å². The van der Waals surface area contributed by atoms with Crippen LogP contribution in [-0.2, 0) is 24.4 Å². The summed E-state index contributed by atoms with van der Waals surface area (Å²) < 4.78 is 0. The van der Waals surface area contributed by atoms with Crippen LogP contribution in [0.4, 0.5) is 0 Å². The Morgan fingerprint density at radius 3 is 1.90 bits per heavy atom. The Hall–Kier alpha value is -3.01. The van der Waals surface area contributed by atoms with Gasteiger partial charge in [-0.15, -0.1) is 0 Å². The third-order valence-corrected chi connectivity index (χ3v) is 7.84. The summed E-state index contributed by atoms with van der Waals surface area (Å²) in [5.41, 5.74) is 1.86. The third kappa shape index (κ3) is 8.00. The maximum Gasteiger partial charge on any atom is 0.219 e. The number of amides is 1. The van der Waals surface area contributed by atoms with Gasteiger partial charge in [-0.2, -0.15) is 0 Å². The van der Waals surface area contributed by atoms with Gasteiger partial charge in [-0.25, -0.2) is 9.97 Å². The molecule has 4 rings (SSSR count). The number of hydrogen-bond acceptors (Lipinski definition) is 6. The molecule has 2 aromatic heterocycles. The second-order valence-corrected chi connectivity index (χ2v) is 10.7. The lowest BCUT2D eigenvalue weighted by atomic mass is 9.88. The first kappa shape index (κ1) is 29.0. The van der Waals surface area contributed by atoms with E-state index in [2.05, 4.69) is 38.7 Å². The first-order chi connectivity index (χ1) is 19.0. The molecule has 1 atom stereocenters. The van der Waals surface area contributed by atoms with Crippen LogP contribution < -0.4 is 0 Å². The first-order valence-electron chi connectivity index (χ1n) is 14.5. The molecule has 9 heteroatoms. The first-order valence-corrected chi connectivity index (χ1v) is 14.5. The van der Waals surface area contributed by atoms with Crippen LogP contribution in [0.5, 0.6) is 0 Å². The van der Waals surface area contributed by atoms with Crippen molar-refractivity contribution >= 4 is 5.91 Å². The fourth-order valence-corrected chi connectivity index (χ4v) is 5.87. The van der Waals surface area contributed by atoms with Crippen LogP contribution in [0.2, 0.25) is 0 Å². The quantitative estimate of drug-likeness (QED) is 0.261. The molecule has 0 bridgehead atoms. The zero-order valence-corrected chi connectivity index (χ0v) is 23.7. The number of benzene rings is 1. The number of aliphatic hydroxyl groups is 1. The predicted molar refractivity (Wildman–Crippen MR) is 152 cm³/mol. The number of carbonyl (C=O) groups is 1. The standard InChI is InChI=1S/C30H45N7O2/c1-4-18-35(19-5-2)26-10-12-27(13-11-26)37(23(3)38)20-24-6-8-25(9-7-24)30(39)36(21-28-31-14-15-32-28)22-29-33-16-17-34-29/h6-9,14-17,26-27,30,39H,4-5,10-13,18-22H2,1-3H3,(H,31,32)(H,33,34). The van der Waals surface area contributed by atoms with Crippen molar-refractivity contribution in [2.45, 2.75) is 97.2 Å². The molecule has 0 saturated heterocycles. The Morgan fingerprint density at radius 2 is 1.44 bits per heavy atom. The van der Waals surface area contributed by atoms with Gasteiger partial charge in [0.15, 0.2) is 0 Å². The zero-order valence-electron chi connectivity index (χ0n) is 23.7. The highest BCUT2D eigenvalue weighted by Crippen LogP contribution is 2.29. The fraction of sp³-hybridized carbons (Fsp3) is 0.567. The van der Waals surface area contributed by atoms with Gasteiger partial charge >= 0.3 is 0 Å². The minimum absolute atomic E-state index is 0.129. The maximum absolute atomic E-state index is 12.7. The van der Waals surface area contributed by atoms with E-state index in [1.807, 2.05) is 34.1 Å². The highest BCUT2D eigenvalue weighted by molar-refractivity contribution is 5.73. The normalized spacial score (nSPS) is 18.5. The number of hydrogen-bond donors (Lipinski definition) is 3. The Labute approximate surface area is 232 Å². The van der Waals surface area contributed by atoms with E-state index < -0.39 is 6.23 Å². The summed E-state index contributed by atoms with van der Waals surface area (Å²) in [7, 11) is 0. The van der Waals surface area contributed by atoms with Gasteiger partial charge < -0.3 is 24.9 Å². The summed E-state index contributed by atoms with van der Waals surface area (Å²) in [6, 6.07) is 8.90. The van der Waals surface area contributed by atoms with Gasteiger partial charge in [0.2, 0.25) is 5.91 Å². The molecule has 1 amide bonds. The summed E-state index contributed by atoms with van der Waals surface area (Å²) in [5.74, 6) is 1.68. The van der Waals surface area contributed by atoms with Gasteiger partial charge in [-0.1, -0.05) is 38.1 Å². The van der Waals surface area contributed by atoms with Crippen LogP contribution in [0.3, 0.4) is 0 Å². The fourth-order valence-electron chi connectivity index (χ4n) is 5.87. The topological polar surface area (TPSA) is 104 Å². The molecule has 3 aromatic rings. The molecule has 1 aliphatic carbocycles. The average Bonchev–Trinajstić information content (AvgIpc) is 3.66. The molecule has 0 radical (unpaired) electrons. The Balaban J connectivity index is 1.39. The van der Waals surface area contributed by atoms with Gasteiger partial charge in [-0.3, -0.25) is 9.69 Å². The second-order valence-electron chi connectivity index (χ2n) is 10.7. The van der Waals surface area contributed by atoms with Gasteiger partial charge in [0.25, 0.3) is 0 Å². The summed E-state index contributed by atoms with van der Waals surface area (Å²) >= 11 is 0. The summed E-state index contributed by atoms with van der Waals surface area (Å²) in [4.78, 5) is 34.2. The number of nitrogens with zero attached hydrogens (tertiary/aromatic N) is 5. The number of H-pyrrole nitrogens is 2. The van der Waals surface area contributed by atoms with Crippen molar-refractivity contribution < 1.29 is 9.90 Å². The second kappa shape index (κ2) is 14.4. The van der Waals surface area contributed by atoms with E-state index in [1.165, 1.54) is 12.8 Å². The summed E-state index contributed by atoms with van der Waals surface area (Å²) in [6.45, 7) is 10.0. The molecule has 39 heavy (non-hydrogen) atoms. The number of rotatable bonds is 14. The molecule has 1 aliphatic rings. The van der Waals surface area contributed by atoms with Crippen LogP contribution in [0.25, 0.3) is 0 Å². The van der Waals surface area contributed by atoms with E-state index in [1.54, 1.807) is 31.7 Å². The smallest absolute Gasteiger partial charge is 0.219 e. The number of aromatic nitrogens is 4. The molecule has 2 heterocycles. The Kier molecular flexibility index (Phi) is 10.7. The number of imidazole rings is 2. The van der Waals surface area contributed by atoms with E-state index in [0.29, 0.717) is 25.7 Å². The van der Waals surface area contributed by atoms with Gasteiger partial charge in [0, 0.05) is 50.3 Å². The third-order valence-electron chi connectivity index (χ3n) is 7.84. The van der Waals surface area contributed by atoms with Gasteiger partial charge in [-0.05, 0) is 62.7 Å². The zero-order chi connectivity index (χ0) is 27.6. The molecule has 1 fully saturated rings. The Bertz CT molecular complexity index is 1050. The lowest BCUT2D eigenvalue weighted by Gasteiger charge is -2.40. The number of carbonyl (C=O) groups excluding carboxylic acids is 1. The molecule has 1 aromatic carbocycles. The van der Waals surface area contributed by atoms with Gasteiger partial charge in [0.1, 0.15) is 17.9 Å². The SMILES string of the molecule is CCCN(CCC)C1CCC(N(Cc2ccc(C(O)N(Cc3ncc[nH]3)Cc3ncc[nH]3)cc2)C(C)=O)CC1. The number of aromatic amines is 2. The highest BCUT2D eigenvalue weighted by atomic mass is 16.3. The molecular weight excluding hydrogens is 490 g/mol. The van der Waals surface area contributed by atoms with Crippen molar-refractivity contribution in [1.29, 1.82) is 0 Å². The van der Waals surface area contributed by atoms with Crippen LogP contribution >= 0.6 is 0 Å². The molecule has 1 unspecified atom stereocenters. The van der Waals surface area contributed by atoms with E-state index in [-0.39, 0.29) is 11.9 Å². The van der Waals surface area contributed by atoms with E-state index in [4.69, 9.17) is 0 Å². The molecule has 9 nitrogen and oxygen atoms in total. The summed E-state index contributed by atoms with van der Waals surface area (Å²) in [5, 5.41) is 11.3. The average molecular weight is 536 g/mol. The van der Waals surface area contributed by atoms with Crippen molar-refractivity contribution in [1.82, 2.24) is 34.6 Å². The monoisotopic (exact) mass is 535 g/mol. The van der Waals surface area contributed by atoms with E-state index in [9.17, 15) is 9.90 Å².